The lowest BCUT2D eigenvalue weighted by atomic mass is 9.93. The molecule has 3 rings (SSSR count). The SMILES string of the molecule is CCC(C)(C)N1CCC(N2CCN(c3ccc(C(=O)NC)nc3F)CC2)CC1. The average Bonchev–Trinajstić information content (AvgIpc) is 2.73. The third kappa shape index (κ3) is 4.46. The number of nitrogens with one attached hydrogen (secondary N) is 1. The predicted octanol–water partition coefficient (Wildman–Crippen LogP) is 2.36. The molecule has 1 aromatic rings. The van der Waals surface area contributed by atoms with Gasteiger partial charge in [0.1, 0.15) is 5.69 Å². The van der Waals surface area contributed by atoms with E-state index in [-0.39, 0.29) is 17.1 Å². The standard InChI is InChI=1S/C21H34FN5O/c1-5-21(2,3)27-10-8-16(9-11-27)25-12-14-26(15-13-25)18-7-6-17(20(28)23-4)24-19(18)22/h6-7,16H,5,8-15H2,1-4H3,(H,23,28). The fraction of sp³-hybridized carbons (Fsp3) is 0.714. The Bertz CT molecular complexity index is 679. The van der Waals surface area contributed by atoms with Gasteiger partial charge in [-0.05, 0) is 45.2 Å². The molecular formula is C21H34FN5O. The topological polar surface area (TPSA) is 51.7 Å². The smallest absolute Gasteiger partial charge is 0.269 e. The molecule has 0 radical (unpaired) electrons. The second-order valence-corrected chi connectivity index (χ2v) is 8.49. The molecule has 0 unspecified atom stereocenters. The second kappa shape index (κ2) is 8.74. The minimum absolute atomic E-state index is 0.115. The van der Waals surface area contributed by atoms with Crippen LogP contribution in [0.3, 0.4) is 0 Å². The maximum atomic E-state index is 14.4. The van der Waals surface area contributed by atoms with Gasteiger partial charge in [-0.3, -0.25) is 14.6 Å². The number of pyridine rings is 1. The molecule has 6 nitrogen and oxygen atoms in total. The summed E-state index contributed by atoms with van der Waals surface area (Å²) in [4.78, 5) is 22.7. The first-order valence-electron chi connectivity index (χ1n) is 10.5. The Morgan fingerprint density at radius 3 is 2.36 bits per heavy atom. The number of likely N-dealkylation sites (tertiary alicyclic amines) is 1. The molecule has 1 aromatic heterocycles. The molecular weight excluding hydrogens is 357 g/mol. The van der Waals surface area contributed by atoms with Gasteiger partial charge in [0.25, 0.3) is 5.91 Å². The number of nitrogens with zero attached hydrogens (tertiary/aromatic N) is 4. The highest BCUT2D eigenvalue weighted by atomic mass is 19.1. The lowest BCUT2D eigenvalue weighted by molar-refractivity contribution is 0.0440. The number of piperidine rings is 1. The normalized spacial score (nSPS) is 20.4. The summed E-state index contributed by atoms with van der Waals surface area (Å²) >= 11 is 0. The van der Waals surface area contributed by atoms with Crippen LogP contribution in [0.25, 0.3) is 0 Å². The highest BCUT2D eigenvalue weighted by Crippen LogP contribution is 2.27. The van der Waals surface area contributed by atoms with E-state index < -0.39 is 5.95 Å². The first-order valence-corrected chi connectivity index (χ1v) is 10.5. The monoisotopic (exact) mass is 391 g/mol. The molecule has 0 aromatic carbocycles. The van der Waals surface area contributed by atoms with Gasteiger partial charge in [0.2, 0.25) is 5.95 Å². The molecule has 0 spiro atoms. The predicted molar refractivity (Wildman–Crippen MR) is 110 cm³/mol. The molecule has 28 heavy (non-hydrogen) atoms. The van der Waals surface area contributed by atoms with Gasteiger partial charge in [-0.1, -0.05) is 6.92 Å². The molecule has 1 amide bonds. The summed E-state index contributed by atoms with van der Waals surface area (Å²) in [5.41, 5.74) is 0.894. The van der Waals surface area contributed by atoms with Crippen LogP contribution in [-0.2, 0) is 0 Å². The van der Waals surface area contributed by atoms with Crippen LogP contribution < -0.4 is 10.2 Å². The van der Waals surface area contributed by atoms with E-state index in [0.29, 0.717) is 11.7 Å². The number of rotatable bonds is 5. The molecule has 2 aliphatic heterocycles. The second-order valence-electron chi connectivity index (χ2n) is 8.49. The highest BCUT2D eigenvalue weighted by Gasteiger charge is 2.32. The minimum Gasteiger partial charge on any atom is -0.365 e. The number of anilines is 1. The van der Waals surface area contributed by atoms with Crippen LogP contribution in [0, 0.1) is 5.95 Å². The fourth-order valence-corrected chi connectivity index (χ4v) is 4.31. The Morgan fingerprint density at radius 1 is 1.18 bits per heavy atom. The summed E-state index contributed by atoms with van der Waals surface area (Å²) in [6.45, 7) is 12.7. The number of halogens is 1. The van der Waals surface area contributed by atoms with Crippen molar-refractivity contribution in [1.29, 1.82) is 0 Å². The Morgan fingerprint density at radius 2 is 1.82 bits per heavy atom. The van der Waals surface area contributed by atoms with E-state index in [4.69, 9.17) is 0 Å². The quantitative estimate of drug-likeness (QED) is 0.781. The maximum Gasteiger partial charge on any atom is 0.269 e. The van der Waals surface area contributed by atoms with E-state index in [1.807, 2.05) is 4.90 Å². The Labute approximate surface area is 168 Å². The summed E-state index contributed by atoms with van der Waals surface area (Å²) in [6.07, 6.45) is 3.59. The number of amides is 1. The van der Waals surface area contributed by atoms with Crippen LogP contribution in [0.1, 0.15) is 50.5 Å². The number of aromatic nitrogens is 1. The Balaban J connectivity index is 1.53. The maximum absolute atomic E-state index is 14.4. The largest absolute Gasteiger partial charge is 0.365 e. The van der Waals surface area contributed by atoms with Crippen molar-refractivity contribution >= 4 is 11.6 Å². The van der Waals surface area contributed by atoms with Gasteiger partial charge in [0, 0.05) is 57.9 Å². The summed E-state index contributed by atoms with van der Waals surface area (Å²) in [5, 5.41) is 2.47. The number of hydrogen-bond acceptors (Lipinski definition) is 5. The highest BCUT2D eigenvalue weighted by molar-refractivity contribution is 5.92. The first-order chi connectivity index (χ1) is 13.4. The van der Waals surface area contributed by atoms with Crippen molar-refractivity contribution in [3.63, 3.8) is 0 Å². The molecule has 2 saturated heterocycles. The van der Waals surface area contributed by atoms with Gasteiger partial charge in [-0.2, -0.15) is 4.39 Å². The molecule has 0 bridgehead atoms. The summed E-state index contributed by atoms with van der Waals surface area (Å²) in [7, 11) is 1.52. The van der Waals surface area contributed by atoms with Gasteiger partial charge in [-0.25, -0.2) is 4.98 Å². The first kappa shape index (κ1) is 21.0. The Hall–Kier alpha value is -1.73. The number of hydrogen-bond donors (Lipinski definition) is 1. The van der Waals surface area contributed by atoms with Crippen LogP contribution in [0.2, 0.25) is 0 Å². The van der Waals surface area contributed by atoms with Crippen molar-refractivity contribution in [1.82, 2.24) is 20.1 Å². The van der Waals surface area contributed by atoms with E-state index in [9.17, 15) is 9.18 Å². The van der Waals surface area contributed by atoms with E-state index in [1.54, 1.807) is 12.1 Å². The fourth-order valence-electron chi connectivity index (χ4n) is 4.31. The lowest BCUT2D eigenvalue weighted by Gasteiger charge is -2.47. The number of piperazine rings is 1. The van der Waals surface area contributed by atoms with Crippen LogP contribution in [0.15, 0.2) is 12.1 Å². The number of carbonyl (C=O) groups is 1. The van der Waals surface area contributed by atoms with Crippen molar-refractivity contribution in [3.05, 3.63) is 23.8 Å². The molecule has 156 valence electrons. The third-order valence-corrected chi connectivity index (χ3v) is 6.65. The van der Waals surface area contributed by atoms with Crippen molar-refractivity contribution in [3.8, 4) is 0 Å². The van der Waals surface area contributed by atoms with E-state index >= 15 is 0 Å². The molecule has 0 saturated carbocycles. The van der Waals surface area contributed by atoms with Crippen LogP contribution in [0.4, 0.5) is 10.1 Å². The van der Waals surface area contributed by atoms with Gasteiger partial charge < -0.3 is 10.2 Å². The van der Waals surface area contributed by atoms with Crippen molar-refractivity contribution < 1.29 is 9.18 Å². The average molecular weight is 392 g/mol. The minimum atomic E-state index is -0.565. The van der Waals surface area contributed by atoms with E-state index in [1.165, 1.54) is 26.3 Å². The summed E-state index contributed by atoms with van der Waals surface area (Å²) in [5.74, 6) is -0.933. The van der Waals surface area contributed by atoms with Crippen molar-refractivity contribution in [2.45, 2.75) is 51.6 Å². The Kier molecular flexibility index (Phi) is 6.55. The van der Waals surface area contributed by atoms with Crippen molar-refractivity contribution in [2.75, 3.05) is 51.2 Å². The van der Waals surface area contributed by atoms with Crippen LogP contribution in [0.5, 0.6) is 0 Å². The molecule has 0 atom stereocenters. The van der Waals surface area contributed by atoms with Gasteiger partial charge >= 0.3 is 0 Å². The zero-order valence-electron chi connectivity index (χ0n) is 17.7. The van der Waals surface area contributed by atoms with Crippen LogP contribution >= 0.6 is 0 Å². The summed E-state index contributed by atoms with van der Waals surface area (Å²) < 4.78 is 14.4. The molecule has 0 aliphatic carbocycles. The van der Waals surface area contributed by atoms with E-state index in [0.717, 1.165) is 39.3 Å². The van der Waals surface area contributed by atoms with Gasteiger partial charge in [-0.15, -0.1) is 0 Å². The third-order valence-electron chi connectivity index (χ3n) is 6.65. The molecule has 2 fully saturated rings. The van der Waals surface area contributed by atoms with Gasteiger partial charge in [0.15, 0.2) is 0 Å². The zero-order chi connectivity index (χ0) is 20.3. The van der Waals surface area contributed by atoms with E-state index in [2.05, 4.69) is 40.9 Å². The molecule has 1 N–H and O–H groups in total. The van der Waals surface area contributed by atoms with Crippen molar-refractivity contribution in [2.24, 2.45) is 0 Å². The zero-order valence-corrected chi connectivity index (χ0v) is 17.7. The van der Waals surface area contributed by atoms with Crippen LogP contribution in [-0.4, -0.2) is 78.6 Å². The van der Waals surface area contributed by atoms with Gasteiger partial charge in [0.05, 0.1) is 5.69 Å². The molecule has 2 aliphatic rings. The summed E-state index contributed by atoms with van der Waals surface area (Å²) in [6, 6.07) is 3.90. The molecule has 7 heteroatoms. The molecule has 3 heterocycles. The number of carbonyl (C=O) groups excluding carboxylic acids is 1. The lowest BCUT2D eigenvalue weighted by Crippen LogP contribution is -2.56.